The normalized spacial score (nSPS) is 16.0. The first-order valence-corrected chi connectivity index (χ1v) is 8.63. The van der Waals surface area contributed by atoms with Gasteiger partial charge in [0.15, 0.2) is 0 Å². The average molecular weight is 410 g/mol. The maximum atomic E-state index is 12.6. The number of nitrogens with zero attached hydrogens (tertiary/aromatic N) is 1. The quantitative estimate of drug-likeness (QED) is 0.809. The molecule has 0 heterocycles. The molecule has 1 atom stereocenters. The van der Waals surface area contributed by atoms with Crippen molar-refractivity contribution in [1.29, 1.82) is 0 Å². The molecule has 1 unspecified atom stereocenters. The Kier molecular flexibility index (Phi) is 6.07. The first-order chi connectivity index (χ1) is 11.0. The molecule has 1 amide bonds. The molecule has 0 saturated heterocycles. The van der Waals surface area contributed by atoms with Gasteiger partial charge in [-0.15, -0.1) is 12.4 Å². The van der Waals surface area contributed by atoms with Crippen LogP contribution in [-0.4, -0.2) is 24.4 Å². The Balaban J connectivity index is 0.00000208. The largest absolute Gasteiger partial charge is 0.343 e. The number of carbonyl (C=O) groups is 1. The third kappa shape index (κ3) is 4.00. The molecular weight excluding hydrogens is 388 g/mol. The molecule has 3 nitrogen and oxygen atoms in total. The smallest absolute Gasteiger partial charge is 0.243 e. The molecule has 1 aliphatic rings. The number of hydrogen-bond donors (Lipinski definition) is 1. The highest BCUT2D eigenvalue weighted by molar-refractivity contribution is 9.10. The third-order valence-corrected chi connectivity index (χ3v) is 5.18. The van der Waals surface area contributed by atoms with Gasteiger partial charge in [0, 0.05) is 23.5 Å². The van der Waals surface area contributed by atoms with Crippen molar-refractivity contribution in [2.24, 2.45) is 5.73 Å². The molecule has 2 aromatic rings. The van der Waals surface area contributed by atoms with Crippen LogP contribution in [0.5, 0.6) is 0 Å². The van der Waals surface area contributed by atoms with Crippen LogP contribution in [0, 0.1) is 0 Å². The van der Waals surface area contributed by atoms with Crippen LogP contribution in [0.3, 0.4) is 0 Å². The molecule has 0 radical (unpaired) electrons. The lowest BCUT2D eigenvalue weighted by Crippen LogP contribution is -2.40. The summed E-state index contributed by atoms with van der Waals surface area (Å²) >= 11 is 3.47. The van der Waals surface area contributed by atoms with Gasteiger partial charge in [-0.1, -0.05) is 58.4 Å². The standard InChI is InChI=1S/C19H21BrN2O.ClH/c1-22(18(23)17(21)14-5-3-2-4-6-14)13-19(11-12-19)15-7-9-16(20)10-8-15;/h2-10,17H,11-13,21H2,1H3;1H. The van der Waals surface area contributed by atoms with E-state index >= 15 is 0 Å². The van der Waals surface area contributed by atoms with E-state index in [2.05, 4.69) is 40.2 Å². The second-order valence-corrected chi connectivity index (χ2v) is 7.29. The Morgan fingerprint density at radius 1 is 1.17 bits per heavy atom. The first-order valence-electron chi connectivity index (χ1n) is 7.83. The van der Waals surface area contributed by atoms with Crippen LogP contribution in [-0.2, 0) is 10.2 Å². The Morgan fingerprint density at radius 2 is 1.75 bits per heavy atom. The first kappa shape index (κ1) is 19.0. The Hall–Kier alpha value is -1.36. The zero-order chi connectivity index (χ0) is 16.4. The molecule has 1 fully saturated rings. The molecule has 128 valence electrons. The van der Waals surface area contributed by atoms with Crippen LogP contribution in [0.25, 0.3) is 0 Å². The van der Waals surface area contributed by atoms with Crippen molar-refractivity contribution >= 4 is 34.2 Å². The second-order valence-electron chi connectivity index (χ2n) is 6.37. The minimum Gasteiger partial charge on any atom is -0.343 e. The molecule has 24 heavy (non-hydrogen) atoms. The van der Waals surface area contributed by atoms with Crippen LogP contribution in [0.1, 0.15) is 30.0 Å². The fraction of sp³-hybridized carbons (Fsp3) is 0.316. The van der Waals surface area contributed by atoms with Crippen molar-refractivity contribution in [2.75, 3.05) is 13.6 Å². The minimum atomic E-state index is -0.595. The van der Waals surface area contributed by atoms with Crippen molar-refractivity contribution in [3.05, 3.63) is 70.2 Å². The summed E-state index contributed by atoms with van der Waals surface area (Å²) in [5.74, 6) is -0.0282. The van der Waals surface area contributed by atoms with Crippen molar-refractivity contribution < 1.29 is 4.79 Å². The highest BCUT2D eigenvalue weighted by Gasteiger charge is 2.45. The van der Waals surface area contributed by atoms with E-state index in [1.165, 1.54) is 5.56 Å². The van der Waals surface area contributed by atoms with Gasteiger partial charge >= 0.3 is 0 Å². The fourth-order valence-corrected chi connectivity index (χ4v) is 3.33. The van der Waals surface area contributed by atoms with Gasteiger partial charge < -0.3 is 10.6 Å². The number of rotatable bonds is 5. The summed E-state index contributed by atoms with van der Waals surface area (Å²) in [7, 11) is 1.85. The lowest BCUT2D eigenvalue weighted by molar-refractivity contribution is -0.131. The number of likely N-dealkylation sites (N-methyl/N-ethyl adjacent to an activating group) is 1. The van der Waals surface area contributed by atoms with Gasteiger partial charge in [-0.3, -0.25) is 4.79 Å². The highest BCUT2D eigenvalue weighted by atomic mass is 79.9. The van der Waals surface area contributed by atoms with E-state index in [9.17, 15) is 4.79 Å². The van der Waals surface area contributed by atoms with Crippen molar-refractivity contribution in [1.82, 2.24) is 4.90 Å². The summed E-state index contributed by atoms with van der Waals surface area (Å²) in [6.45, 7) is 0.716. The Morgan fingerprint density at radius 3 is 2.29 bits per heavy atom. The lowest BCUT2D eigenvalue weighted by atomic mass is 9.95. The van der Waals surface area contributed by atoms with E-state index in [4.69, 9.17) is 5.73 Å². The average Bonchev–Trinajstić information content (AvgIpc) is 3.35. The van der Waals surface area contributed by atoms with E-state index in [-0.39, 0.29) is 23.7 Å². The van der Waals surface area contributed by atoms with Gasteiger partial charge in [0.2, 0.25) is 5.91 Å². The Labute approximate surface area is 157 Å². The van der Waals surface area contributed by atoms with Gasteiger partial charge in [-0.25, -0.2) is 0 Å². The molecule has 5 heteroatoms. The summed E-state index contributed by atoms with van der Waals surface area (Å²) in [6, 6.07) is 17.4. The molecule has 0 aliphatic heterocycles. The number of benzene rings is 2. The lowest BCUT2D eigenvalue weighted by Gasteiger charge is -2.27. The monoisotopic (exact) mass is 408 g/mol. The maximum absolute atomic E-state index is 12.6. The van der Waals surface area contributed by atoms with E-state index in [0.29, 0.717) is 6.54 Å². The third-order valence-electron chi connectivity index (χ3n) is 4.65. The number of halogens is 2. The number of amides is 1. The van der Waals surface area contributed by atoms with Crippen LogP contribution >= 0.6 is 28.3 Å². The van der Waals surface area contributed by atoms with Gasteiger partial charge in [0.1, 0.15) is 6.04 Å². The van der Waals surface area contributed by atoms with Crippen molar-refractivity contribution in [3.8, 4) is 0 Å². The molecule has 3 rings (SSSR count). The molecule has 0 aromatic heterocycles. The predicted molar refractivity (Wildman–Crippen MR) is 103 cm³/mol. The predicted octanol–water partition coefficient (Wildman–Crippen LogP) is 4.06. The van der Waals surface area contributed by atoms with Gasteiger partial charge in [0.05, 0.1) is 0 Å². The number of carbonyl (C=O) groups excluding carboxylic acids is 1. The summed E-state index contributed by atoms with van der Waals surface area (Å²) in [5.41, 5.74) is 8.40. The zero-order valence-corrected chi connectivity index (χ0v) is 16.0. The summed E-state index contributed by atoms with van der Waals surface area (Å²) in [6.07, 6.45) is 2.24. The second kappa shape index (κ2) is 7.68. The molecule has 1 aliphatic carbocycles. The molecular formula is C19H22BrClN2O. The topological polar surface area (TPSA) is 46.3 Å². The minimum absolute atomic E-state index is 0. The highest BCUT2D eigenvalue weighted by Crippen LogP contribution is 2.48. The van der Waals surface area contributed by atoms with Gasteiger partial charge in [0.25, 0.3) is 0 Å². The van der Waals surface area contributed by atoms with Crippen molar-refractivity contribution in [2.45, 2.75) is 24.3 Å². The van der Waals surface area contributed by atoms with Gasteiger partial charge in [-0.2, -0.15) is 0 Å². The number of hydrogen-bond acceptors (Lipinski definition) is 2. The summed E-state index contributed by atoms with van der Waals surface area (Å²) < 4.78 is 1.08. The van der Waals surface area contributed by atoms with E-state index in [1.807, 2.05) is 37.4 Å². The Bertz CT molecular complexity index is 686. The van der Waals surface area contributed by atoms with Crippen LogP contribution in [0.4, 0.5) is 0 Å². The molecule has 0 bridgehead atoms. The maximum Gasteiger partial charge on any atom is 0.243 e. The van der Waals surface area contributed by atoms with Crippen LogP contribution in [0.15, 0.2) is 59.1 Å². The molecule has 1 saturated carbocycles. The van der Waals surface area contributed by atoms with Crippen molar-refractivity contribution in [3.63, 3.8) is 0 Å². The fourth-order valence-electron chi connectivity index (χ4n) is 3.06. The van der Waals surface area contributed by atoms with Gasteiger partial charge in [-0.05, 0) is 36.1 Å². The molecule has 2 N–H and O–H groups in total. The van der Waals surface area contributed by atoms with Crippen LogP contribution in [0.2, 0.25) is 0 Å². The molecule has 2 aromatic carbocycles. The number of nitrogens with two attached hydrogens (primary N) is 1. The van der Waals surface area contributed by atoms with Crippen LogP contribution < -0.4 is 5.73 Å². The summed E-state index contributed by atoms with van der Waals surface area (Å²) in [4.78, 5) is 14.4. The van der Waals surface area contributed by atoms with E-state index in [1.54, 1.807) is 4.90 Å². The van der Waals surface area contributed by atoms with E-state index < -0.39 is 6.04 Å². The summed E-state index contributed by atoms with van der Waals surface area (Å²) in [5, 5.41) is 0. The van der Waals surface area contributed by atoms with E-state index in [0.717, 1.165) is 22.9 Å². The zero-order valence-electron chi connectivity index (χ0n) is 13.6. The SMILES string of the molecule is CN(CC1(c2ccc(Br)cc2)CC1)C(=O)C(N)c1ccccc1.Cl. The molecule has 0 spiro atoms.